The zero-order valence-corrected chi connectivity index (χ0v) is 15.4. The zero-order valence-electron chi connectivity index (χ0n) is 14.6. The highest BCUT2D eigenvalue weighted by molar-refractivity contribution is 7.85. The van der Waals surface area contributed by atoms with Crippen LogP contribution >= 0.6 is 0 Å². The van der Waals surface area contributed by atoms with Gasteiger partial charge in [0.2, 0.25) is 0 Å². The standard InChI is InChI=1S/C19H28O3S/c1-12(2)15-10-14-7-8-16-13(3)6-5-9-19(16,4)17(14)11-18(15)23(20,21)22/h10-13,16H,5-9H2,1-4H3,(H,20,21,22)/t13?,16?,19-/m0/s1. The molecule has 0 spiro atoms. The molecule has 1 aromatic carbocycles. The van der Waals surface area contributed by atoms with E-state index in [9.17, 15) is 13.0 Å². The zero-order chi connectivity index (χ0) is 17.0. The van der Waals surface area contributed by atoms with E-state index in [1.165, 1.54) is 24.8 Å². The lowest BCUT2D eigenvalue weighted by Gasteiger charge is -2.50. The van der Waals surface area contributed by atoms with Crippen LogP contribution in [0.25, 0.3) is 0 Å². The van der Waals surface area contributed by atoms with Crippen LogP contribution in [0.5, 0.6) is 0 Å². The summed E-state index contributed by atoms with van der Waals surface area (Å²) in [6, 6.07) is 3.84. The molecular weight excluding hydrogens is 308 g/mol. The van der Waals surface area contributed by atoms with Crippen molar-refractivity contribution < 1.29 is 13.0 Å². The maximum Gasteiger partial charge on any atom is 0.294 e. The fraction of sp³-hybridized carbons (Fsp3) is 0.684. The first kappa shape index (κ1) is 17.0. The van der Waals surface area contributed by atoms with Crippen LogP contribution < -0.4 is 0 Å². The van der Waals surface area contributed by atoms with Crippen molar-refractivity contribution in [3.05, 3.63) is 28.8 Å². The van der Waals surface area contributed by atoms with Crippen LogP contribution in [-0.4, -0.2) is 13.0 Å². The molecule has 0 aromatic heterocycles. The summed E-state index contributed by atoms with van der Waals surface area (Å²) in [5.74, 6) is 1.37. The SMILES string of the molecule is CC(C)c1cc2c(cc1S(=O)(=O)O)[C@@]1(C)CCCC(C)C1CC2. The Bertz CT molecular complexity index is 720. The molecule has 3 rings (SSSR count). The van der Waals surface area contributed by atoms with Gasteiger partial charge in [-0.3, -0.25) is 4.55 Å². The van der Waals surface area contributed by atoms with Crippen LogP contribution in [0.1, 0.15) is 76.0 Å². The quantitative estimate of drug-likeness (QED) is 0.797. The average Bonchev–Trinajstić information content (AvgIpc) is 2.44. The molecule has 23 heavy (non-hydrogen) atoms. The second-order valence-electron chi connectivity index (χ2n) is 8.11. The maximum atomic E-state index is 11.9. The summed E-state index contributed by atoms with van der Waals surface area (Å²) in [6.45, 7) is 8.59. The molecule has 1 aromatic rings. The maximum absolute atomic E-state index is 11.9. The lowest BCUT2D eigenvalue weighted by molar-refractivity contribution is 0.117. The lowest BCUT2D eigenvalue weighted by Crippen LogP contribution is -2.43. The van der Waals surface area contributed by atoms with Crippen molar-refractivity contribution in [2.75, 3.05) is 0 Å². The third kappa shape index (κ3) is 2.74. The predicted octanol–water partition coefficient (Wildman–Crippen LogP) is 4.70. The first-order chi connectivity index (χ1) is 10.6. The number of aryl methyl sites for hydroxylation is 1. The number of hydrogen-bond donors (Lipinski definition) is 1. The van der Waals surface area contributed by atoms with Gasteiger partial charge in [0.25, 0.3) is 10.1 Å². The van der Waals surface area contributed by atoms with Crippen molar-refractivity contribution in [3.63, 3.8) is 0 Å². The highest BCUT2D eigenvalue weighted by Crippen LogP contribution is 2.52. The van der Waals surface area contributed by atoms with Gasteiger partial charge < -0.3 is 0 Å². The van der Waals surface area contributed by atoms with Crippen LogP contribution in [-0.2, 0) is 22.0 Å². The van der Waals surface area contributed by atoms with Crippen LogP contribution in [0.15, 0.2) is 17.0 Å². The van der Waals surface area contributed by atoms with Gasteiger partial charge in [0, 0.05) is 0 Å². The molecular formula is C19H28O3S. The minimum absolute atomic E-state index is 0.0419. The van der Waals surface area contributed by atoms with Gasteiger partial charge in [0.05, 0.1) is 4.90 Å². The number of hydrogen-bond acceptors (Lipinski definition) is 2. The molecule has 0 radical (unpaired) electrons. The largest absolute Gasteiger partial charge is 0.294 e. The van der Waals surface area contributed by atoms with Crippen LogP contribution in [0.2, 0.25) is 0 Å². The molecule has 0 saturated heterocycles. The van der Waals surface area contributed by atoms with E-state index in [1.54, 1.807) is 6.07 Å². The van der Waals surface area contributed by atoms with Gasteiger partial charge in [0.15, 0.2) is 0 Å². The van der Waals surface area contributed by atoms with Crippen LogP contribution in [0.3, 0.4) is 0 Å². The van der Waals surface area contributed by atoms with E-state index >= 15 is 0 Å². The summed E-state index contributed by atoms with van der Waals surface area (Å²) in [5.41, 5.74) is 3.24. The molecule has 0 aliphatic heterocycles. The fourth-order valence-corrected chi connectivity index (χ4v) is 5.97. The minimum Gasteiger partial charge on any atom is -0.282 e. The Morgan fingerprint density at radius 1 is 1.26 bits per heavy atom. The predicted molar refractivity (Wildman–Crippen MR) is 92.5 cm³/mol. The monoisotopic (exact) mass is 336 g/mol. The molecule has 1 saturated carbocycles. The molecule has 4 heteroatoms. The lowest BCUT2D eigenvalue weighted by atomic mass is 9.55. The molecule has 0 bridgehead atoms. The van der Waals surface area contributed by atoms with Crippen molar-refractivity contribution in [1.29, 1.82) is 0 Å². The van der Waals surface area contributed by atoms with Crippen molar-refractivity contribution in [3.8, 4) is 0 Å². The van der Waals surface area contributed by atoms with E-state index in [1.807, 2.05) is 19.9 Å². The van der Waals surface area contributed by atoms with Crippen molar-refractivity contribution >= 4 is 10.1 Å². The van der Waals surface area contributed by atoms with Gasteiger partial charge >= 0.3 is 0 Å². The van der Waals surface area contributed by atoms with Gasteiger partial charge in [-0.05, 0) is 65.2 Å². The summed E-state index contributed by atoms with van der Waals surface area (Å²) in [4.78, 5) is 0.117. The smallest absolute Gasteiger partial charge is 0.282 e. The minimum atomic E-state index is -4.19. The summed E-state index contributed by atoms with van der Waals surface area (Å²) < 4.78 is 33.6. The Labute approximate surface area is 140 Å². The van der Waals surface area contributed by atoms with Gasteiger partial charge in [-0.1, -0.05) is 46.6 Å². The Kier molecular flexibility index (Phi) is 4.13. The number of fused-ring (bicyclic) bond motifs is 3. The molecule has 1 fully saturated rings. The van der Waals surface area contributed by atoms with E-state index in [2.05, 4.69) is 13.8 Å². The summed E-state index contributed by atoms with van der Waals surface area (Å²) in [5, 5.41) is 0. The molecule has 2 aliphatic carbocycles. The van der Waals surface area contributed by atoms with Gasteiger partial charge in [-0.2, -0.15) is 8.42 Å². The van der Waals surface area contributed by atoms with E-state index in [-0.39, 0.29) is 16.2 Å². The van der Waals surface area contributed by atoms with Crippen molar-refractivity contribution in [2.45, 2.75) is 76.0 Å². The highest BCUT2D eigenvalue weighted by atomic mass is 32.2. The van der Waals surface area contributed by atoms with Crippen LogP contribution in [0.4, 0.5) is 0 Å². The fourth-order valence-electron chi connectivity index (χ4n) is 5.11. The normalized spacial score (nSPS) is 30.9. The van der Waals surface area contributed by atoms with Crippen molar-refractivity contribution in [2.24, 2.45) is 11.8 Å². The third-order valence-corrected chi connectivity index (χ3v) is 7.25. The van der Waals surface area contributed by atoms with E-state index in [4.69, 9.17) is 0 Å². The topological polar surface area (TPSA) is 54.4 Å². The third-order valence-electron chi connectivity index (χ3n) is 6.34. The Morgan fingerprint density at radius 2 is 1.96 bits per heavy atom. The molecule has 2 aliphatic rings. The second-order valence-corrected chi connectivity index (χ2v) is 9.50. The first-order valence-corrected chi connectivity index (χ1v) is 10.2. The van der Waals surface area contributed by atoms with Gasteiger partial charge in [0.1, 0.15) is 0 Å². The molecule has 0 amide bonds. The molecule has 1 N–H and O–H groups in total. The first-order valence-electron chi connectivity index (χ1n) is 8.79. The Morgan fingerprint density at radius 3 is 2.57 bits per heavy atom. The van der Waals surface area contributed by atoms with Crippen molar-refractivity contribution in [1.82, 2.24) is 0 Å². The average molecular weight is 336 g/mol. The number of benzene rings is 1. The molecule has 3 nitrogen and oxygen atoms in total. The molecule has 128 valence electrons. The highest BCUT2D eigenvalue weighted by Gasteiger charge is 2.45. The summed E-state index contributed by atoms with van der Waals surface area (Å²) in [6.07, 6.45) is 5.78. The van der Waals surface area contributed by atoms with Gasteiger partial charge in [-0.15, -0.1) is 0 Å². The molecule has 3 atom stereocenters. The van der Waals surface area contributed by atoms with Gasteiger partial charge in [-0.25, -0.2) is 0 Å². The summed E-state index contributed by atoms with van der Waals surface area (Å²) >= 11 is 0. The van der Waals surface area contributed by atoms with E-state index < -0.39 is 10.1 Å². The second kappa shape index (κ2) is 5.59. The van der Waals surface area contributed by atoms with E-state index in [0.29, 0.717) is 11.8 Å². The Hall–Kier alpha value is -0.870. The van der Waals surface area contributed by atoms with Crippen LogP contribution in [0, 0.1) is 11.8 Å². The van der Waals surface area contributed by atoms with E-state index in [0.717, 1.165) is 24.0 Å². The molecule has 0 heterocycles. The molecule has 2 unspecified atom stereocenters. The number of rotatable bonds is 2. The Balaban J connectivity index is 2.22. The summed E-state index contributed by atoms with van der Waals surface area (Å²) in [7, 11) is -4.19.